The molecule has 2 atom stereocenters. The summed E-state index contributed by atoms with van der Waals surface area (Å²) in [7, 11) is 0. The maximum atomic E-state index is 12.5. The predicted molar refractivity (Wildman–Crippen MR) is 105 cm³/mol. The van der Waals surface area contributed by atoms with Gasteiger partial charge in [-0.3, -0.25) is 4.79 Å². The molecule has 26 heavy (non-hydrogen) atoms. The summed E-state index contributed by atoms with van der Waals surface area (Å²) in [6.07, 6.45) is 0.701. The summed E-state index contributed by atoms with van der Waals surface area (Å²) in [6, 6.07) is 17.6. The standard InChI is InChI=1S/C20H22N4OS/c1-13-8-10-15(11-9-13)12-17-23-24-20(26-17)22-19(25)14(2)18(21)16-6-4-3-5-7-16/h3-11,14,18H,12,21H2,1-2H3,(H,22,24,25). The van der Waals surface area contributed by atoms with E-state index in [2.05, 4.69) is 46.7 Å². The summed E-state index contributed by atoms with van der Waals surface area (Å²) in [5.41, 5.74) is 9.55. The highest BCUT2D eigenvalue weighted by atomic mass is 32.1. The fourth-order valence-electron chi connectivity index (χ4n) is 2.60. The van der Waals surface area contributed by atoms with Crippen molar-refractivity contribution in [2.45, 2.75) is 26.3 Å². The van der Waals surface area contributed by atoms with Gasteiger partial charge in [-0.1, -0.05) is 78.4 Å². The van der Waals surface area contributed by atoms with E-state index >= 15 is 0 Å². The number of aromatic nitrogens is 2. The van der Waals surface area contributed by atoms with Crippen molar-refractivity contribution in [2.75, 3.05) is 5.32 Å². The molecule has 0 radical (unpaired) electrons. The summed E-state index contributed by atoms with van der Waals surface area (Å²) in [6.45, 7) is 3.88. The second-order valence-corrected chi connectivity index (χ2v) is 7.44. The van der Waals surface area contributed by atoms with E-state index in [1.807, 2.05) is 37.3 Å². The van der Waals surface area contributed by atoms with Gasteiger partial charge in [0.25, 0.3) is 0 Å². The zero-order valence-corrected chi connectivity index (χ0v) is 15.7. The maximum Gasteiger partial charge on any atom is 0.230 e. The number of nitrogens with zero attached hydrogens (tertiary/aromatic N) is 2. The largest absolute Gasteiger partial charge is 0.323 e. The smallest absolute Gasteiger partial charge is 0.230 e. The summed E-state index contributed by atoms with van der Waals surface area (Å²) >= 11 is 1.39. The van der Waals surface area contributed by atoms with Crippen LogP contribution < -0.4 is 11.1 Å². The third kappa shape index (κ3) is 4.53. The van der Waals surface area contributed by atoms with Gasteiger partial charge >= 0.3 is 0 Å². The van der Waals surface area contributed by atoms with E-state index < -0.39 is 0 Å². The second kappa shape index (κ2) is 8.21. The first-order chi connectivity index (χ1) is 12.5. The van der Waals surface area contributed by atoms with Gasteiger partial charge in [-0.15, -0.1) is 10.2 Å². The van der Waals surface area contributed by atoms with Crippen molar-refractivity contribution in [3.8, 4) is 0 Å². The van der Waals surface area contributed by atoms with Crippen LogP contribution in [0.4, 0.5) is 5.13 Å². The lowest BCUT2D eigenvalue weighted by molar-refractivity contribution is -0.120. The number of benzene rings is 2. The molecule has 3 aromatic rings. The Hall–Kier alpha value is -2.57. The van der Waals surface area contributed by atoms with Gasteiger partial charge < -0.3 is 11.1 Å². The molecule has 0 aliphatic carbocycles. The number of anilines is 1. The molecule has 1 aromatic heterocycles. The normalized spacial score (nSPS) is 13.2. The molecular weight excluding hydrogens is 344 g/mol. The van der Waals surface area contributed by atoms with Crippen LogP contribution in [0.5, 0.6) is 0 Å². The maximum absolute atomic E-state index is 12.5. The van der Waals surface area contributed by atoms with Crippen LogP contribution in [0.2, 0.25) is 0 Å². The molecule has 2 aromatic carbocycles. The monoisotopic (exact) mass is 366 g/mol. The Balaban J connectivity index is 1.61. The van der Waals surface area contributed by atoms with Gasteiger partial charge in [0.05, 0.1) is 5.92 Å². The third-order valence-corrected chi connectivity index (χ3v) is 5.15. The lowest BCUT2D eigenvalue weighted by atomic mass is 9.95. The Morgan fingerprint density at radius 2 is 1.81 bits per heavy atom. The minimum Gasteiger partial charge on any atom is -0.323 e. The lowest BCUT2D eigenvalue weighted by Crippen LogP contribution is -2.30. The minimum atomic E-state index is -0.373. The van der Waals surface area contributed by atoms with Crippen molar-refractivity contribution in [1.82, 2.24) is 10.2 Å². The van der Waals surface area contributed by atoms with E-state index in [9.17, 15) is 4.79 Å². The van der Waals surface area contributed by atoms with E-state index in [0.717, 1.165) is 10.6 Å². The summed E-state index contributed by atoms with van der Waals surface area (Å²) < 4.78 is 0. The average molecular weight is 366 g/mol. The number of hydrogen-bond acceptors (Lipinski definition) is 5. The highest BCUT2D eigenvalue weighted by Crippen LogP contribution is 2.23. The van der Waals surface area contributed by atoms with Gasteiger partial charge in [-0.25, -0.2) is 0 Å². The molecule has 0 saturated carbocycles. The van der Waals surface area contributed by atoms with E-state index in [1.165, 1.54) is 22.5 Å². The number of hydrogen-bond donors (Lipinski definition) is 2. The van der Waals surface area contributed by atoms with Crippen LogP contribution >= 0.6 is 11.3 Å². The Morgan fingerprint density at radius 3 is 2.50 bits per heavy atom. The first-order valence-corrected chi connectivity index (χ1v) is 9.34. The fourth-order valence-corrected chi connectivity index (χ4v) is 3.38. The van der Waals surface area contributed by atoms with Crippen LogP contribution in [0.3, 0.4) is 0 Å². The quantitative estimate of drug-likeness (QED) is 0.697. The van der Waals surface area contributed by atoms with E-state index in [4.69, 9.17) is 5.73 Å². The number of carbonyl (C=O) groups is 1. The third-order valence-electron chi connectivity index (χ3n) is 4.31. The van der Waals surface area contributed by atoms with Gasteiger partial charge in [0.15, 0.2) is 0 Å². The zero-order chi connectivity index (χ0) is 18.5. The van der Waals surface area contributed by atoms with Crippen molar-refractivity contribution in [1.29, 1.82) is 0 Å². The van der Waals surface area contributed by atoms with Gasteiger partial charge in [-0.05, 0) is 18.1 Å². The summed E-state index contributed by atoms with van der Waals surface area (Å²) in [4.78, 5) is 12.5. The zero-order valence-electron chi connectivity index (χ0n) is 14.8. The molecular formula is C20H22N4OS. The van der Waals surface area contributed by atoms with E-state index in [1.54, 1.807) is 0 Å². The topological polar surface area (TPSA) is 80.9 Å². The van der Waals surface area contributed by atoms with E-state index in [-0.39, 0.29) is 17.9 Å². The number of amides is 1. The first kappa shape index (κ1) is 18.2. The molecule has 5 nitrogen and oxygen atoms in total. The van der Waals surface area contributed by atoms with Crippen molar-refractivity contribution in [3.63, 3.8) is 0 Å². The molecule has 0 fully saturated rings. The Labute approximate surface area is 157 Å². The summed E-state index contributed by atoms with van der Waals surface area (Å²) in [5.74, 6) is -0.527. The van der Waals surface area contributed by atoms with Crippen LogP contribution in [0.25, 0.3) is 0 Å². The molecule has 2 unspecified atom stereocenters. The molecule has 6 heteroatoms. The number of aryl methyl sites for hydroxylation is 1. The van der Waals surface area contributed by atoms with Crippen molar-refractivity contribution in [3.05, 3.63) is 76.3 Å². The second-order valence-electron chi connectivity index (χ2n) is 6.38. The summed E-state index contributed by atoms with van der Waals surface area (Å²) in [5, 5.41) is 12.5. The van der Waals surface area contributed by atoms with Crippen LogP contribution in [-0.2, 0) is 11.2 Å². The molecule has 0 bridgehead atoms. The predicted octanol–water partition coefficient (Wildman–Crippen LogP) is 3.71. The Kier molecular flexibility index (Phi) is 5.75. The van der Waals surface area contributed by atoms with Gasteiger partial charge in [0.1, 0.15) is 5.01 Å². The first-order valence-electron chi connectivity index (χ1n) is 8.52. The Bertz CT molecular complexity index is 861. The molecule has 3 rings (SSSR count). The molecule has 134 valence electrons. The number of rotatable bonds is 6. The van der Waals surface area contributed by atoms with Crippen LogP contribution in [0, 0.1) is 12.8 Å². The minimum absolute atomic E-state index is 0.153. The number of carbonyl (C=O) groups excluding carboxylic acids is 1. The lowest BCUT2D eigenvalue weighted by Gasteiger charge is -2.18. The van der Waals surface area contributed by atoms with Crippen LogP contribution in [-0.4, -0.2) is 16.1 Å². The van der Waals surface area contributed by atoms with Gasteiger partial charge in [0, 0.05) is 12.5 Å². The average Bonchev–Trinajstić information content (AvgIpc) is 3.10. The molecule has 1 amide bonds. The van der Waals surface area contributed by atoms with Crippen LogP contribution in [0.15, 0.2) is 54.6 Å². The highest BCUT2D eigenvalue weighted by Gasteiger charge is 2.23. The molecule has 0 aliphatic rings. The molecule has 0 spiro atoms. The molecule has 0 saturated heterocycles. The van der Waals surface area contributed by atoms with Crippen molar-refractivity contribution < 1.29 is 4.79 Å². The van der Waals surface area contributed by atoms with E-state index in [0.29, 0.717) is 11.6 Å². The van der Waals surface area contributed by atoms with Crippen molar-refractivity contribution >= 4 is 22.4 Å². The van der Waals surface area contributed by atoms with Gasteiger partial charge in [-0.2, -0.15) is 0 Å². The van der Waals surface area contributed by atoms with Crippen molar-refractivity contribution in [2.24, 2.45) is 11.7 Å². The Morgan fingerprint density at radius 1 is 1.12 bits per heavy atom. The SMILES string of the molecule is Cc1ccc(Cc2nnc(NC(=O)C(C)C(N)c3ccccc3)s2)cc1. The molecule has 3 N–H and O–H groups in total. The number of nitrogens with one attached hydrogen (secondary N) is 1. The fraction of sp³-hybridized carbons (Fsp3) is 0.250. The molecule has 1 heterocycles. The highest BCUT2D eigenvalue weighted by molar-refractivity contribution is 7.15. The molecule has 0 aliphatic heterocycles. The van der Waals surface area contributed by atoms with Crippen LogP contribution in [0.1, 0.15) is 34.7 Å². The van der Waals surface area contributed by atoms with Gasteiger partial charge in [0.2, 0.25) is 11.0 Å². The number of nitrogens with two attached hydrogens (primary N) is 1.